The highest BCUT2D eigenvalue weighted by atomic mass is 19.1. The highest BCUT2D eigenvalue weighted by Crippen LogP contribution is 2.29. The van der Waals surface area contributed by atoms with Crippen molar-refractivity contribution in [2.24, 2.45) is 5.92 Å². The van der Waals surface area contributed by atoms with Crippen LogP contribution in [0.25, 0.3) is 0 Å². The van der Waals surface area contributed by atoms with Gasteiger partial charge in [0.1, 0.15) is 11.6 Å². The summed E-state index contributed by atoms with van der Waals surface area (Å²) < 4.78 is 27.4. The molecule has 0 radical (unpaired) electrons. The first-order chi connectivity index (χ1) is 12.7. The van der Waals surface area contributed by atoms with Crippen LogP contribution in [-0.4, -0.2) is 37.6 Å². The Morgan fingerprint density at radius 1 is 1.08 bits per heavy atom. The van der Waals surface area contributed by atoms with Crippen LogP contribution in [0.2, 0.25) is 0 Å². The number of benzene rings is 2. The molecule has 26 heavy (non-hydrogen) atoms. The maximum Gasteiger partial charge on any atom is 0.130 e. The second-order valence-electron chi connectivity index (χ2n) is 7.11. The van der Waals surface area contributed by atoms with Crippen LogP contribution in [0, 0.1) is 17.6 Å². The molecule has 2 saturated heterocycles. The van der Waals surface area contributed by atoms with Gasteiger partial charge in [0.25, 0.3) is 0 Å². The number of nitrogens with zero attached hydrogens (tertiary/aromatic N) is 1. The zero-order valence-corrected chi connectivity index (χ0v) is 14.6. The molecule has 0 amide bonds. The van der Waals surface area contributed by atoms with Gasteiger partial charge in [0, 0.05) is 56.3 Å². The van der Waals surface area contributed by atoms with Crippen molar-refractivity contribution < 1.29 is 8.78 Å². The number of hydrazine groups is 1. The van der Waals surface area contributed by atoms with Gasteiger partial charge in [0.05, 0.1) is 6.04 Å². The highest BCUT2D eigenvalue weighted by Gasteiger charge is 2.33. The molecule has 0 aliphatic carbocycles. The van der Waals surface area contributed by atoms with Crippen LogP contribution in [-0.2, 0) is 0 Å². The van der Waals surface area contributed by atoms with Crippen LogP contribution in [0.1, 0.15) is 23.2 Å². The van der Waals surface area contributed by atoms with Crippen molar-refractivity contribution in [1.82, 2.24) is 21.1 Å². The third kappa shape index (κ3) is 3.78. The molecule has 3 atom stereocenters. The standard InChI is InChI=1S/C20H24F2N4/c21-16-6-7-17(18(22)10-16)20-15(11-24-25-20)12-26-9-8-23-19(13-26)14-4-2-1-3-5-14/h1-7,10,15,19-20,23-25H,8-9,11-13H2. The maximum atomic E-state index is 14.2. The molecule has 2 heterocycles. The van der Waals surface area contributed by atoms with E-state index < -0.39 is 11.6 Å². The minimum absolute atomic E-state index is 0.152. The van der Waals surface area contributed by atoms with Crippen molar-refractivity contribution in [3.05, 3.63) is 71.3 Å². The number of rotatable bonds is 4. The summed E-state index contributed by atoms with van der Waals surface area (Å²) in [5.74, 6) is -0.801. The molecule has 3 unspecified atom stereocenters. The van der Waals surface area contributed by atoms with E-state index in [0.717, 1.165) is 38.8 Å². The Morgan fingerprint density at radius 2 is 1.92 bits per heavy atom. The smallest absolute Gasteiger partial charge is 0.130 e. The molecule has 2 aromatic rings. The summed E-state index contributed by atoms with van der Waals surface area (Å²) in [4.78, 5) is 2.43. The second-order valence-corrected chi connectivity index (χ2v) is 7.11. The monoisotopic (exact) mass is 358 g/mol. The lowest BCUT2D eigenvalue weighted by atomic mass is 9.93. The van der Waals surface area contributed by atoms with Crippen LogP contribution in [0.3, 0.4) is 0 Å². The maximum absolute atomic E-state index is 14.2. The summed E-state index contributed by atoms with van der Waals surface area (Å²) >= 11 is 0. The average Bonchev–Trinajstić information content (AvgIpc) is 3.10. The van der Waals surface area contributed by atoms with Crippen LogP contribution in [0.4, 0.5) is 8.78 Å². The number of nitrogens with one attached hydrogen (secondary N) is 3. The van der Waals surface area contributed by atoms with Crippen molar-refractivity contribution in [3.8, 4) is 0 Å². The normalized spacial score (nSPS) is 26.9. The molecule has 0 saturated carbocycles. The summed E-state index contributed by atoms with van der Waals surface area (Å²) in [5, 5.41) is 3.57. The van der Waals surface area contributed by atoms with E-state index in [4.69, 9.17) is 0 Å². The molecule has 138 valence electrons. The molecule has 3 N–H and O–H groups in total. The largest absolute Gasteiger partial charge is 0.308 e. The van der Waals surface area contributed by atoms with Gasteiger partial charge in [0.15, 0.2) is 0 Å². The fourth-order valence-electron chi connectivity index (χ4n) is 4.01. The molecule has 6 heteroatoms. The third-order valence-electron chi connectivity index (χ3n) is 5.34. The SMILES string of the molecule is Fc1ccc(C2NNCC2CN2CCNC(c3ccccc3)C2)c(F)c1. The van der Waals surface area contributed by atoms with E-state index in [1.165, 1.54) is 11.6 Å². The van der Waals surface area contributed by atoms with Gasteiger partial charge in [-0.25, -0.2) is 14.2 Å². The lowest BCUT2D eigenvalue weighted by Crippen LogP contribution is -2.48. The first kappa shape index (κ1) is 17.5. The molecule has 4 rings (SSSR count). The molecule has 2 fully saturated rings. The third-order valence-corrected chi connectivity index (χ3v) is 5.34. The quantitative estimate of drug-likeness (QED) is 0.785. The lowest BCUT2D eigenvalue weighted by molar-refractivity contribution is 0.170. The Bertz CT molecular complexity index is 740. The van der Waals surface area contributed by atoms with Crippen molar-refractivity contribution in [2.45, 2.75) is 12.1 Å². The van der Waals surface area contributed by atoms with Crippen molar-refractivity contribution in [1.29, 1.82) is 0 Å². The van der Waals surface area contributed by atoms with Gasteiger partial charge < -0.3 is 5.32 Å². The number of piperazine rings is 1. The molecular formula is C20H24F2N4. The van der Waals surface area contributed by atoms with Gasteiger partial charge >= 0.3 is 0 Å². The zero-order chi connectivity index (χ0) is 17.9. The molecule has 2 aliphatic rings. The Balaban J connectivity index is 1.44. The van der Waals surface area contributed by atoms with E-state index in [9.17, 15) is 8.78 Å². The summed E-state index contributed by atoms with van der Waals surface area (Å²) in [7, 11) is 0. The van der Waals surface area contributed by atoms with Crippen molar-refractivity contribution in [2.75, 3.05) is 32.7 Å². The van der Waals surface area contributed by atoms with E-state index in [1.807, 2.05) is 6.07 Å². The predicted molar refractivity (Wildman–Crippen MR) is 97.4 cm³/mol. The van der Waals surface area contributed by atoms with Gasteiger partial charge in [-0.2, -0.15) is 0 Å². The van der Waals surface area contributed by atoms with Gasteiger partial charge in [-0.3, -0.25) is 10.3 Å². The molecule has 4 nitrogen and oxygen atoms in total. The first-order valence-corrected chi connectivity index (χ1v) is 9.15. The van der Waals surface area contributed by atoms with E-state index in [2.05, 4.69) is 45.3 Å². The van der Waals surface area contributed by atoms with Crippen molar-refractivity contribution >= 4 is 0 Å². The summed E-state index contributed by atoms with van der Waals surface area (Å²) in [6.45, 7) is 4.47. The molecular weight excluding hydrogens is 334 g/mol. The average molecular weight is 358 g/mol. The van der Waals surface area contributed by atoms with E-state index in [1.54, 1.807) is 6.07 Å². The zero-order valence-electron chi connectivity index (χ0n) is 14.6. The Morgan fingerprint density at radius 3 is 2.73 bits per heavy atom. The minimum Gasteiger partial charge on any atom is -0.308 e. The van der Waals surface area contributed by atoms with Gasteiger partial charge in [-0.15, -0.1) is 0 Å². The van der Waals surface area contributed by atoms with E-state index >= 15 is 0 Å². The summed E-state index contributed by atoms with van der Waals surface area (Å²) in [6, 6.07) is 14.5. The van der Waals surface area contributed by atoms with E-state index in [0.29, 0.717) is 11.6 Å². The van der Waals surface area contributed by atoms with Gasteiger partial charge in [-0.05, 0) is 11.6 Å². The van der Waals surface area contributed by atoms with Crippen LogP contribution in [0.15, 0.2) is 48.5 Å². The van der Waals surface area contributed by atoms with Crippen LogP contribution < -0.4 is 16.2 Å². The Labute approximate surface area is 152 Å². The lowest BCUT2D eigenvalue weighted by Gasteiger charge is -2.36. The molecule has 2 aliphatic heterocycles. The number of hydrogen-bond acceptors (Lipinski definition) is 4. The topological polar surface area (TPSA) is 39.3 Å². The fourth-order valence-corrected chi connectivity index (χ4v) is 4.01. The summed E-state index contributed by atoms with van der Waals surface area (Å²) in [6.07, 6.45) is 0. The van der Waals surface area contributed by atoms with E-state index in [-0.39, 0.29) is 12.0 Å². The Kier molecular flexibility index (Phi) is 5.26. The molecule has 0 bridgehead atoms. The van der Waals surface area contributed by atoms with Crippen molar-refractivity contribution in [3.63, 3.8) is 0 Å². The van der Waals surface area contributed by atoms with Crippen LogP contribution in [0.5, 0.6) is 0 Å². The number of hydrogen-bond donors (Lipinski definition) is 3. The number of halogens is 2. The predicted octanol–water partition coefficient (Wildman–Crippen LogP) is 2.38. The molecule has 0 spiro atoms. The second kappa shape index (κ2) is 7.80. The highest BCUT2D eigenvalue weighted by molar-refractivity contribution is 5.24. The van der Waals surface area contributed by atoms with Gasteiger partial charge in [-0.1, -0.05) is 36.4 Å². The minimum atomic E-state index is -0.540. The Hall–Kier alpha value is -1.86. The summed E-state index contributed by atoms with van der Waals surface area (Å²) in [5.41, 5.74) is 8.12. The molecule has 0 aromatic heterocycles. The first-order valence-electron chi connectivity index (χ1n) is 9.15. The molecule has 2 aromatic carbocycles. The van der Waals surface area contributed by atoms with Crippen LogP contribution >= 0.6 is 0 Å². The van der Waals surface area contributed by atoms with Gasteiger partial charge in [0.2, 0.25) is 0 Å². The fraction of sp³-hybridized carbons (Fsp3) is 0.400.